The average Bonchev–Trinajstić information content (AvgIpc) is 3.11. The number of carbonyl (C=O) groups excluding carboxylic acids is 1. The minimum absolute atomic E-state index is 0. The first-order chi connectivity index (χ1) is 13.9. The maximum atomic E-state index is 13.5. The van der Waals surface area contributed by atoms with Crippen LogP contribution < -0.4 is 17.3 Å². The number of halogens is 1. The highest BCUT2D eigenvalue weighted by molar-refractivity contribution is 7.22. The van der Waals surface area contributed by atoms with Gasteiger partial charge in [0, 0.05) is 18.7 Å². The number of likely N-dealkylation sites (N-methyl/N-ethyl adjacent to an activating group) is 1. The van der Waals surface area contributed by atoms with Crippen LogP contribution in [-0.2, 0) is 0 Å². The van der Waals surface area contributed by atoms with Crippen molar-refractivity contribution < 1.29 is 17.2 Å². The third kappa shape index (κ3) is 4.48. The van der Waals surface area contributed by atoms with Crippen molar-refractivity contribution in [3.05, 3.63) is 71.3 Å². The average molecular weight is 439 g/mol. The summed E-state index contributed by atoms with van der Waals surface area (Å²) in [7, 11) is 4.04. The number of thiazole rings is 1. The molecule has 0 saturated heterocycles. The van der Waals surface area contributed by atoms with E-state index in [1.54, 1.807) is 11.3 Å². The fraction of sp³-hybridized carbons (Fsp3) is 0.250. The van der Waals surface area contributed by atoms with Crippen molar-refractivity contribution in [1.82, 2.24) is 9.88 Å². The van der Waals surface area contributed by atoms with Crippen LogP contribution >= 0.6 is 11.3 Å². The molecule has 156 valence electrons. The van der Waals surface area contributed by atoms with Crippen LogP contribution in [0, 0.1) is 13.8 Å². The molecule has 0 bridgehead atoms. The predicted octanol–water partition coefficient (Wildman–Crippen LogP) is 2.28. The third-order valence-corrected chi connectivity index (χ3v) is 6.09. The zero-order valence-corrected chi connectivity index (χ0v) is 19.2. The molecule has 1 heterocycles. The smallest absolute Gasteiger partial charge is 0.260 e. The molecular weight excluding hydrogens is 414 g/mol. The van der Waals surface area contributed by atoms with Crippen LogP contribution in [0.4, 0.5) is 5.13 Å². The second-order valence-electron chi connectivity index (χ2n) is 7.75. The third-order valence-electron chi connectivity index (χ3n) is 5.06. The van der Waals surface area contributed by atoms with Gasteiger partial charge >= 0.3 is 0 Å². The molecule has 4 aromatic rings. The Bertz CT molecular complexity index is 1200. The maximum Gasteiger partial charge on any atom is 0.260 e. The first-order valence-corrected chi connectivity index (χ1v) is 10.6. The molecule has 0 fully saturated rings. The van der Waals surface area contributed by atoms with E-state index in [0.29, 0.717) is 12.1 Å². The molecule has 4 nitrogen and oxygen atoms in total. The minimum atomic E-state index is -0.00830. The van der Waals surface area contributed by atoms with Gasteiger partial charge in [0.15, 0.2) is 5.13 Å². The van der Waals surface area contributed by atoms with Crippen molar-refractivity contribution in [1.29, 1.82) is 0 Å². The van der Waals surface area contributed by atoms with Crippen LogP contribution in [0.15, 0.2) is 54.6 Å². The Morgan fingerprint density at radius 3 is 2.43 bits per heavy atom. The number of amides is 1. The molecule has 30 heavy (non-hydrogen) atoms. The van der Waals surface area contributed by atoms with Crippen LogP contribution in [0.25, 0.3) is 21.0 Å². The molecule has 3 aromatic carbocycles. The number of aromatic nitrogens is 1. The molecule has 1 amide bonds. The number of aryl methyl sites for hydroxylation is 2. The lowest BCUT2D eigenvalue weighted by atomic mass is 10.1. The SMILES string of the molecule is Cc1cc(C)c2nc(N(CCN(C)C)C(=O)c3ccc4ccccc4c3)sc2c1.[Cl-]. The van der Waals surface area contributed by atoms with Gasteiger partial charge in [0.05, 0.1) is 10.2 Å². The number of fused-ring (bicyclic) bond motifs is 2. The maximum absolute atomic E-state index is 13.5. The Balaban J connectivity index is 0.00000256. The largest absolute Gasteiger partial charge is 1.00 e. The van der Waals surface area contributed by atoms with Gasteiger partial charge in [-0.05, 0) is 68.0 Å². The van der Waals surface area contributed by atoms with E-state index in [1.807, 2.05) is 55.4 Å². The number of anilines is 1. The van der Waals surface area contributed by atoms with Gasteiger partial charge in [-0.3, -0.25) is 9.69 Å². The molecule has 0 aliphatic heterocycles. The monoisotopic (exact) mass is 438 g/mol. The van der Waals surface area contributed by atoms with Crippen LogP contribution in [0.2, 0.25) is 0 Å². The number of rotatable bonds is 5. The molecule has 0 atom stereocenters. The highest BCUT2D eigenvalue weighted by atomic mass is 35.5. The minimum Gasteiger partial charge on any atom is -1.00 e. The van der Waals surface area contributed by atoms with Gasteiger partial charge in [0.2, 0.25) is 0 Å². The van der Waals surface area contributed by atoms with Crippen LogP contribution in [-0.4, -0.2) is 43.0 Å². The molecule has 0 spiro atoms. The quantitative estimate of drug-likeness (QED) is 0.479. The summed E-state index contributed by atoms with van der Waals surface area (Å²) < 4.78 is 1.12. The highest BCUT2D eigenvalue weighted by Crippen LogP contribution is 2.32. The fourth-order valence-electron chi connectivity index (χ4n) is 3.54. The summed E-state index contributed by atoms with van der Waals surface area (Å²) in [5, 5.41) is 2.96. The zero-order chi connectivity index (χ0) is 20.5. The molecule has 0 unspecified atom stereocenters. The summed E-state index contributed by atoms with van der Waals surface area (Å²) in [6.45, 7) is 5.54. The highest BCUT2D eigenvalue weighted by Gasteiger charge is 2.22. The zero-order valence-electron chi connectivity index (χ0n) is 17.6. The molecule has 6 heteroatoms. The Labute approximate surface area is 187 Å². The van der Waals surface area contributed by atoms with E-state index in [1.165, 1.54) is 5.56 Å². The first kappa shape index (κ1) is 22.2. The number of carbonyl (C=O) groups is 1. The number of hydrogen-bond donors (Lipinski definition) is 0. The fourth-order valence-corrected chi connectivity index (χ4v) is 4.70. The molecule has 0 aliphatic rings. The first-order valence-electron chi connectivity index (χ1n) is 9.75. The van der Waals surface area contributed by atoms with E-state index in [4.69, 9.17) is 4.98 Å². The van der Waals surface area contributed by atoms with E-state index < -0.39 is 0 Å². The second-order valence-corrected chi connectivity index (χ2v) is 8.76. The second kappa shape index (κ2) is 9.13. The van der Waals surface area contributed by atoms with E-state index in [-0.39, 0.29) is 18.3 Å². The standard InChI is InChI=1S/C24H25N3OS.ClH/c1-16-13-17(2)22-21(14-16)29-24(25-22)27(12-11-26(3)4)23(28)20-10-9-18-7-5-6-8-19(18)15-20;/h5-10,13-15H,11-12H2,1-4H3;1H/p-1. The van der Waals surface area contributed by atoms with Crippen LogP contribution in [0.3, 0.4) is 0 Å². The lowest BCUT2D eigenvalue weighted by molar-refractivity contribution is -0.0000136. The van der Waals surface area contributed by atoms with Crippen molar-refractivity contribution in [2.75, 3.05) is 32.1 Å². The van der Waals surface area contributed by atoms with Gasteiger partial charge in [0.1, 0.15) is 0 Å². The lowest BCUT2D eigenvalue weighted by Crippen LogP contribution is -3.00. The Morgan fingerprint density at radius 1 is 0.967 bits per heavy atom. The van der Waals surface area contributed by atoms with Gasteiger partial charge in [-0.25, -0.2) is 4.98 Å². The number of hydrogen-bond acceptors (Lipinski definition) is 4. The lowest BCUT2D eigenvalue weighted by Gasteiger charge is -2.22. The number of benzene rings is 3. The Kier molecular flexibility index (Phi) is 6.76. The van der Waals surface area contributed by atoms with Crippen molar-refractivity contribution in [3.8, 4) is 0 Å². The summed E-state index contributed by atoms with van der Waals surface area (Å²) in [6.07, 6.45) is 0. The van der Waals surface area contributed by atoms with Gasteiger partial charge in [-0.15, -0.1) is 0 Å². The van der Waals surface area contributed by atoms with E-state index in [2.05, 4.69) is 36.9 Å². The summed E-state index contributed by atoms with van der Waals surface area (Å²) in [4.78, 5) is 22.3. The summed E-state index contributed by atoms with van der Waals surface area (Å²) in [6, 6.07) is 18.3. The number of nitrogens with zero attached hydrogens (tertiary/aromatic N) is 3. The van der Waals surface area contributed by atoms with Crippen LogP contribution in [0.1, 0.15) is 21.5 Å². The Morgan fingerprint density at radius 2 is 1.70 bits per heavy atom. The predicted molar refractivity (Wildman–Crippen MR) is 123 cm³/mol. The topological polar surface area (TPSA) is 36.4 Å². The molecule has 4 rings (SSSR count). The summed E-state index contributed by atoms with van der Waals surface area (Å²) >= 11 is 1.59. The van der Waals surface area contributed by atoms with Crippen molar-refractivity contribution >= 4 is 43.4 Å². The van der Waals surface area contributed by atoms with Gasteiger partial charge in [-0.2, -0.15) is 0 Å². The normalized spacial score (nSPS) is 11.1. The van der Waals surface area contributed by atoms with E-state index in [9.17, 15) is 4.79 Å². The van der Waals surface area contributed by atoms with Gasteiger partial charge < -0.3 is 17.3 Å². The van der Waals surface area contributed by atoms with Crippen molar-refractivity contribution in [2.24, 2.45) is 0 Å². The van der Waals surface area contributed by atoms with Crippen molar-refractivity contribution in [2.45, 2.75) is 13.8 Å². The Hall–Kier alpha value is -2.47. The van der Waals surface area contributed by atoms with E-state index >= 15 is 0 Å². The van der Waals surface area contributed by atoms with E-state index in [0.717, 1.165) is 38.2 Å². The molecule has 1 aromatic heterocycles. The molecule has 0 radical (unpaired) electrons. The molecule has 0 N–H and O–H groups in total. The summed E-state index contributed by atoms with van der Waals surface area (Å²) in [5.74, 6) is -0.00830. The van der Waals surface area contributed by atoms with Gasteiger partial charge in [0.25, 0.3) is 5.91 Å². The molecular formula is C24H25ClN3OS-. The molecule has 0 aliphatic carbocycles. The van der Waals surface area contributed by atoms with Crippen molar-refractivity contribution in [3.63, 3.8) is 0 Å². The van der Waals surface area contributed by atoms with Gasteiger partial charge in [-0.1, -0.05) is 47.7 Å². The van der Waals surface area contributed by atoms with Crippen LogP contribution in [0.5, 0.6) is 0 Å². The molecule has 0 saturated carbocycles. The summed E-state index contributed by atoms with van der Waals surface area (Å²) in [5.41, 5.74) is 4.03.